The zero-order valence-corrected chi connectivity index (χ0v) is 16.7. The molecule has 0 fully saturated rings. The lowest BCUT2D eigenvalue weighted by atomic mass is 10.2. The maximum atomic E-state index is 12.2. The number of aromatic nitrogens is 3. The van der Waals surface area contributed by atoms with Crippen LogP contribution in [0.15, 0.2) is 60.8 Å². The molecule has 1 N–H and O–H groups in total. The highest BCUT2D eigenvalue weighted by Gasteiger charge is 2.10. The summed E-state index contributed by atoms with van der Waals surface area (Å²) in [4.78, 5) is 5.42. The van der Waals surface area contributed by atoms with Crippen molar-refractivity contribution in [3.05, 3.63) is 71.4 Å². The molecule has 138 valence electrons. The number of hydrogen-bond acceptors (Lipinski definition) is 5. The van der Waals surface area contributed by atoms with Crippen LogP contribution in [0.2, 0.25) is 5.02 Å². The number of benzene rings is 2. The molecule has 0 amide bonds. The van der Waals surface area contributed by atoms with Crippen molar-refractivity contribution in [1.29, 1.82) is 0 Å². The molecule has 0 aliphatic heterocycles. The van der Waals surface area contributed by atoms with Gasteiger partial charge in [-0.3, -0.25) is 4.21 Å². The molecule has 1 atom stereocenters. The van der Waals surface area contributed by atoms with Crippen molar-refractivity contribution >= 4 is 43.8 Å². The van der Waals surface area contributed by atoms with Crippen molar-refractivity contribution in [3.8, 4) is 11.3 Å². The zero-order chi connectivity index (χ0) is 18.6. The number of nitrogens with one attached hydrogen (secondary N) is 1. The third kappa shape index (κ3) is 4.55. The van der Waals surface area contributed by atoms with Crippen LogP contribution in [0.5, 0.6) is 0 Å². The van der Waals surface area contributed by atoms with Crippen LogP contribution in [0.1, 0.15) is 5.56 Å². The lowest BCUT2D eigenvalue weighted by Crippen LogP contribution is -2.12. The Kier molecular flexibility index (Phi) is 5.52. The van der Waals surface area contributed by atoms with Gasteiger partial charge in [-0.25, -0.2) is 9.50 Å². The summed E-state index contributed by atoms with van der Waals surface area (Å²) in [5, 5.41) is 9.21. The van der Waals surface area contributed by atoms with E-state index < -0.39 is 10.8 Å². The number of nitrogens with zero attached hydrogens (tertiary/aromatic N) is 3. The Morgan fingerprint density at radius 3 is 2.63 bits per heavy atom. The molecule has 0 aliphatic rings. The minimum absolute atomic E-state index is 0.576. The minimum Gasteiger partial charge on any atom is -0.359 e. The summed E-state index contributed by atoms with van der Waals surface area (Å²) in [7, 11) is -0.902. The van der Waals surface area contributed by atoms with Gasteiger partial charge in [0, 0.05) is 39.4 Å². The van der Waals surface area contributed by atoms with Gasteiger partial charge in [0.1, 0.15) is 0 Å². The van der Waals surface area contributed by atoms with E-state index in [1.165, 1.54) is 11.3 Å². The molecule has 0 saturated carbocycles. The van der Waals surface area contributed by atoms with E-state index in [9.17, 15) is 4.21 Å². The number of hydrogen-bond donors (Lipinski definition) is 1. The predicted molar refractivity (Wildman–Crippen MR) is 113 cm³/mol. The van der Waals surface area contributed by atoms with Crippen LogP contribution in [-0.4, -0.2) is 31.1 Å². The van der Waals surface area contributed by atoms with E-state index in [1.807, 2.05) is 60.8 Å². The van der Waals surface area contributed by atoms with E-state index in [4.69, 9.17) is 11.6 Å². The Morgan fingerprint density at radius 2 is 1.89 bits per heavy atom. The highest BCUT2D eigenvalue weighted by molar-refractivity contribution is 7.84. The van der Waals surface area contributed by atoms with Gasteiger partial charge in [0.05, 0.1) is 11.9 Å². The van der Waals surface area contributed by atoms with E-state index in [0.717, 1.165) is 26.9 Å². The number of anilines is 1. The van der Waals surface area contributed by atoms with E-state index in [2.05, 4.69) is 15.4 Å². The average molecular weight is 417 g/mol. The molecule has 2 aromatic carbocycles. The van der Waals surface area contributed by atoms with Crippen LogP contribution < -0.4 is 5.32 Å². The normalized spacial score (nSPS) is 12.3. The van der Waals surface area contributed by atoms with Crippen molar-refractivity contribution in [3.63, 3.8) is 0 Å². The molecule has 4 rings (SSSR count). The van der Waals surface area contributed by atoms with Crippen molar-refractivity contribution in [2.75, 3.05) is 17.6 Å². The molecule has 0 radical (unpaired) electrons. The molecule has 0 aliphatic carbocycles. The van der Waals surface area contributed by atoms with Crippen LogP contribution >= 0.6 is 22.9 Å². The smallest absolute Gasteiger partial charge is 0.214 e. The van der Waals surface area contributed by atoms with Crippen molar-refractivity contribution < 1.29 is 4.21 Å². The van der Waals surface area contributed by atoms with E-state index >= 15 is 0 Å². The summed E-state index contributed by atoms with van der Waals surface area (Å²) >= 11 is 7.40. The number of imidazole rings is 1. The molecule has 1 unspecified atom stereocenters. The summed E-state index contributed by atoms with van der Waals surface area (Å²) < 4.78 is 13.9. The molecule has 4 aromatic rings. The fourth-order valence-corrected chi connectivity index (χ4v) is 4.61. The Morgan fingerprint density at radius 1 is 1.11 bits per heavy atom. The van der Waals surface area contributed by atoms with E-state index in [1.54, 1.807) is 4.52 Å². The molecule has 0 saturated heterocycles. The highest BCUT2D eigenvalue weighted by atomic mass is 35.5. The molecule has 0 bridgehead atoms. The average Bonchev–Trinajstić information content (AvgIpc) is 3.22. The SMILES string of the molecule is O=S(CCNc1nn2cc(-c3ccc(Cl)cc3)nc2s1)Cc1ccccc1. The number of halogens is 1. The van der Waals surface area contributed by atoms with E-state index in [-0.39, 0.29) is 0 Å². The quantitative estimate of drug-likeness (QED) is 0.482. The van der Waals surface area contributed by atoms with Crippen LogP contribution in [0.4, 0.5) is 5.13 Å². The van der Waals surface area contributed by atoms with Gasteiger partial charge < -0.3 is 5.32 Å². The summed E-state index contributed by atoms with van der Waals surface area (Å²) in [6.07, 6.45) is 1.90. The third-order valence-electron chi connectivity index (χ3n) is 3.96. The van der Waals surface area contributed by atoms with Gasteiger partial charge in [0.2, 0.25) is 10.1 Å². The van der Waals surface area contributed by atoms with Gasteiger partial charge in [-0.15, -0.1) is 5.10 Å². The van der Waals surface area contributed by atoms with Crippen molar-refractivity contribution in [1.82, 2.24) is 14.6 Å². The maximum absolute atomic E-state index is 12.2. The standard InChI is InChI=1S/C19H17ClN4OS2/c20-16-8-6-15(7-9-16)17-12-24-19(22-17)26-18(23-24)21-10-11-27(25)13-14-4-2-1-3-5-14/h1-9,12H,10-11,13H2,(H,21,23). The fourth-order valence-electron chi connectivity index (χ4n) is 2.64. The summed E-state index contributed by atoms with van der Waals surface area (Å²) in [5.41, 5.74) is 2.96. The third-order valence-corrected chi connectivity index (χ3v) is 6.41. The summed E-state index contributed by atoms with van der Waals surface area (Å²) in [5.74, 6) is 1.15. The predicted octanol–water partition coefficient (Wildman–Crippen LogP) is 4.47. The van der Waals surface area contributed by atoms with Crippen LogP contribution in [0, 0.1) is 0 Å². The number of rotatable bonds is 7. The largest absolute Gasteiger partial charge is 0.359 e. The van der Waals surface area contributed by atoms with Crippen molar-refractivity contribution in [2.24, 2.45) is 0 Å². The Labute approximate surface area is 168 Å². The van der Waals surface area contributed by atoms with E-state index in [0.29, 0.717) is 23.1 Å². The second-order valence-corrected chi connectivity index (χ2v) is 8.94. The molecular formula is C19H17ClN4OS2. The molecule has 8 heteroatoms. The lowest BCUT2D eigenvalue weighted by molar-refractivity contribution is 0.682. The maximum Gasteiger partial charge on any atom is 0.214 e. The topological polar surface area (TPSA) is 59.3 Å². The fraction of sp³-hybridized carbons (Fsp3) is 0.158. The van der Waals surface area contributed by atoms with Gasteiger partial charge >= 0.3 is 0 Å². The second-order valence-electron chi connectivity index (χ2n) is 5.97. The Balaban J connectivity index is 1.34. The van der Waals surface area contributed by atoms with Crippen LogP contribution in [0.25, 0.3) is 16.2 Å². The lowest BCUT2D eigenvalue weighted by Gasteiger charge is -2.03. The van der Waals surface area contributed by atoms with Gasteiger partial charge in [0.15, 0.2) is 0 Å². The van der Waals surface area contributed by atoms with Crippen molar-refractivity contribution in [2.45, 2.75) is 5.75 Å². The number of fused-ring (bicyclic) bond motifs is 1. The minimum atomic E-state index is -0.902. The summed E-state index contributed by atoms with van der Waals surface area (Å²) in [6.45, 7) is 0.611. The Bertz CT molecular complexity index is 1030. The molecule has 27 heavy (non-hydrogen) atoms. The summed E-state index contributed by atoms with van der Waals surface area (Å²) in [6, 6.07) is 17.5. The first-order valence-electron chi connectivity index (χ1n) is 8.42. The monoisotopic (exact) mass is 416 g/mol. The zero-order valence-electron chi connectivity index (χ0n) is 14.3. The van der Waals surface area contributed by atoms with Gasteiger partial charge in [-0.1, -0.05) is 65.4 Å². The molecule has 2 heterocycles. The Hall–Kier alpha value is -2.22. The van der Waals surface area contributed by atoms with Gasteiger partial charge in [-0.2, -0.15) is 0 Å². The first-order valence-corrected chi connectivity index (χ1v) is 11.1. The first kappa shape index (κ1) is 18.2. The second kappa shape index (κ2) is 8.21. The van der Waals surface area contributed by atoms with Crippen LogP contribution in [0.3, 0.4) is 0 Å². The molecule has 5 nitrogen and oxygen atoms in total. The van der Waals surface area contributed by atoms with Gasteiger partial charge in [-0.05, 0) is 17.7 Å². The first-order chi connectivity index (χ1) is 13.2. The van der Waals surface area contributed by atoms with Crippen LogP contribution in [-0.2, 0) is 16.6 Å². The molecular weight excluding hydrogens is 400 g/mol. The molecule has 0 spiro atoms. The van der Waals surface area contributed by atoms with Gasteiger partial charge in [0.25, 0.3) is 0 Å². The molecule has 2 aromatic heterocycles. The highest BCUT2D eigenvalue weighted by Crippen LogP contribution is 2.25.